The van der Waals surface area contributed by atoms with E-state index in [1.165, 1.54) is 16.5 Å². The number of hydrogen-bond acceptors (Lipinski definition) is 2. The summed E-state index contributed by atoms with van der Waals surface area (Å²) in [5.41, 5.74) is 2.50. The van der Waals surface area contributed by atoms with E-state index in [2.05, 4.69) is 59.3 Å². The molecule has 0 radical (unpaired) electrons. The Hall–Kier alpha value is -1.90. The zero-order valence-corrected chi connectivity index (χ0v) is 11.4. The van der Waals surface area contributed by atoms with Crippen molar-refractivity contribution in [2.75, 3.05) is 0 Å². The molecule has 3 nitrogen and oxygen atoms in total. The molecular weight excluding hydrogens is 234 g/mol. The van der Waals surface area contributed by atoms with Crippen molar-refractivity contribution >= 4 is 23.3 Å². The van der Waals surface area contributed by atoms with Crippen LogP contribution < -0.4 is 0 Å². The largest absolute Gasteiger partial charge is 0.361 e. The summed E-state index contributed by atoms with van der Waals surface area (Å²) in [5.74, 6) is 0.522. The molecule has 1 aromatic carbocycles. The first-order chi connectivity index (χ1) is 9.24. The van der Waals surface area contributed by atoms with Gasteiger partial charge < -0.3 is 4.98 Å². The molecule has 1 N–H and O–H groups in total. The highest BCUT2D eigenvalue weighted by atomic mass is 14.9. The molecule has 0 fully saturated rings. The molecule has 0 unspecified atom stereocenters. The number of fused-ring (bicyclic) bond motifs is 1. The molecule has 2 atom stereocenters. The van der Waals surface area contributed by atoms with Gasteiger partial charge in [0, 0.05) is 35.9 Å². The van der Waals surface area contributed by atoms with E-state index in [1.807, 2.05) is 12.4 Å². The van der Waals surface area contributed by atoms with Gasteiger partial charge in [0.1, 0.15) is 0 Å². The second-order valence-electron chi connectivity index (χ2n) is 5.46. The molecule has 1 aliphatic heterocycles. The van der Waals surface area contributed by atoms with Crippen molar-refractivity contribution < 1.29 is 0 Å². The predicted octanol–water partition coefficient (Wildman–Crippen LogP) is 3.26. The molecule has 2 heterocycles. The Balaban J connectivity index is 1.77. The van der Waals surface area contributed by atoms with Gasteiger partial charge in [-0.15, -0.1) is 0 Å². The van der Waals surface area contributed by atoms with Crippen LogP contribution in [-0.4, -0.2) is 29.5 Å². The summed E-state index contributed by atoms with van der Waals surface area (Å²) in [6.07, 6.45) is 7.01. The average molecular weight is 253 g/mol. The monoisotopic (exact) mass is 253 g/mol. The molecule has 2 aromatic rings. The number of aromatic nitrogens is 1. The van der Waals surface area contributed by atoms with Crippen LogP contribution in [0.1, 0.15) is 19.4 Å². The zero-order chi connectivity index (χ0) is 13.2. The fourth-order valence-corrected chi connectivity index (χ4v) is 2.45. The smallest absolute Gasteiger partial charge is 0.0884 e. The average Bonchev–Trinajstić information content (AvgIpc) is 2.83. The number of rotatable bonds is 3. The van der Waals surface area contributed by atoms with E-state index in [4.69, 9.17) is 0 Å². The fourth-order valence-electron chi connectivity index (χ4n) is 2.45. The van der Waals surface area contributed by atoms with Crippen molar-refractivity contribution in [2.45, 2.75) is 32.4 Å². The lowest BCUT2D eigenvalue weighted by molar-refractivity contribution is 0.594. The molecule has 0 spiro atoms. The van der Waals surface area contributed by atoms with Crippen LogP contribution in [-0.2, 0) is 6.42 Å². The second kappa shape index (κ2) is 5.00. The van der Waals surface area contributed by atoms with Crippen LogP contribution in [0.2, 0.25) is 0 Å². The van der Waals surface area contributed by atoms with Gasteiger partial charge in [-0.1, -0.05) is 32.0 Å². The topological polar surface area (TPSA) is 40.5 Å². The van der Waals surface area contributed by atoms with Gasteiger partial charge in [-0.3, -0.25) is 9.98 Å². The molecule has 0 aliphatic carbocycles. The molecule has 98 valence electrons. The number of hydrogen-bond donors (Lipinski definition) is 1. The Kier molecular flexibility index (Phi) is 3.20. The number of aromatic amines is 1. The Morgan fingerprint density at radius 1 is 1.16 bits per heavy atom. The van der Waals surface area contributed by atoms with Crippen LogP contribution >= 0.6 is 0 Å². The van der Waals surface area contributed by atoms with Crippen LogP contribution in [0, 0.1) is 5.92 Å². The predicted molar refractivity (Wildman–Crippen MR) is 81.4 cm³/mol. The van der Waals surface area contributed by atoms with E-state index in [1.54, 1.807) is 0 Å². The van der Waals surface area contributed by atoms with Crippen molar-refractivity contribution in [1.82, 2.24) is 4.98 Å². The number of H-pyrrole nitrogens is 1. The number of nitrogens with one attached hydrogen (secondary N) is 1. The van der Waals surface area contributed by atoms with E-state index in [0.29, 0.717) is 5.92 Å². The minimum atomic E-state index is 0.175. The second-order valence-corrected chi connectivity index (χ2v) is 5.46. The zero-order valence-electron chi connectivity index (χ0n) is 11.4. The minimum absolute atomic E-state index is 0.175. The molecule has 3 heteroatoms. The highest BCUT2D eigenvalue weighted by Crippen LogP contribution is 2.20. The third kappa shape index (κ3) is 2.46. The number of para-hydroxylation sites is 1. The van der Waals surface area contributed by atoms with Crippen LogP contribution in [0.25, 0.3) is 10.9 Å². The lowest BCUT2D eigenvalue weighted by Crippen LogP contribution is -2.24. The third-order valence-electron chi connectivity index (χ3n) is 3.65. The highest BCUT2D eigenvalue weighted by molar-refractivity contribution is 5.84. The molecular formula is C16H19N3. The van der Waals surface area contributed by atoms with Crippen LogP contribution in [0.3, 0.4) is 0 Å². The maximum atomic E-state index is 4.63. The van der Waals surface area contributed by atoms with E-state index in [9.17, 15) is 0 Å². The molecule has 0 saturated carbocycles. The van der Waals surface area contributed by atoms with Crippen LogP contribution in [0.4, 0.5) is 0 Å². The van der Waals surface area contributed by atoms with Gasteiger partial charge in [-0.2, -0.15) is 0 Å². The van der Waals surface area contributed by atoms with E-state index < -0.39 is 0 Å². The van der Waals surface area contributed by atoms with Crippen molar-refractivity contribution in [3.05, 3.63) is 36.0 Å². The summed E-state index contributed by atoms with van der Waals surface area (Å²) in [7, 11) is 0. The fraction of sp³-hybridized carbons (Fsp3) is 0.375. The van der Waals surface area contributed by atoms with Crippen molar-refractivity contribution in [3.63, 3.8) is 0 Å². The molecule has 19 heavy (non-hydrogen) atoms. The molecule has 1 aliphatic rings. The standard InChI is InChI=1S/C16H19N3/c1-11(2)16-10-17-13(9-19-16)7-12-8-18-15-6-4-3-5-14(12)15/h3-6,8-11,13,16,18H,7H2,1-2H3/t13-,16+/m0/s1. The highest BCUT2D eigenvalue weighted by Gasteiger charge is 2.16. The Bertz CT molecular complexity index is 608. The van der Waals surface area contributed by atoms with Gasteiger partial charge in [0.2, 0.25) is 0 Å². The number of benzene rings is 1. The van der Waals surface area contributed by atoms with Crippen molar-refractivity contribution in [2.24, 2.45) is 15.9 Å². The SMILES string of the molecule is CC(C)[C@H]1C=N[C@@H](Cc2c[nH]c3ccccc23)C=N1. The van der Waals surface area contributed by atoms with Crippen LogP contribution in [0.15, 0.2) is 40.4 Å². The minimum Gasteiger partial charge on any atom is -0.361 e. The Labute approximate surface area is 113 Å². The molecule has 1 aromatic heterocycles. The van der Waals surface area contributed by atoms with Gasteiger partial charge in [0.05, 0.1) is 12.1 Å². The maximum Gasteiger partial charge on any atom is 0.0884 e. The van der Waals surface area contributed by atoms with Crippen LogP contribution in [0.5, 0.6) is 0 Å². The summed E-state index contributed by atoms with van der Waals surface area (Å²) in [6, 6.07) is 8.81. The summed E-state index contributed by atoms with van der Waals surface area (Å²) in [5, 5.41) is 1.29. The van der Waals surface area contributed by atoms with Crippen molar-refractivity contribution in [1.29, 1.82) is 0 Å². The van der Waals surface area contributed by atoms with E-state index in [-0.39, 0.29) is 12.1 Å². The summed E-state index contributed by atoms with van der Waals surface area (Å²) in [6.45, 7) is 4.35. The lowest BCUT2D eigenvalue weighted by atomic mass is 10.0. The quantitative estimate of drug-likeness (QED) is 0.872. The van der Waals surface area contributed by atoms with Gasteiger partial charge in [0.15, 0.2) is 0 Å². The normalized spacial score (nSPS) is 22.5. The molecule has 0 saturated heterocycles. The van der Waals surface area contributed by atoms with E-state index in [0.717, 1.165) is 6.42 Å². The third-order valence-corrected chi connectivity index (χ3v) is 3.65. The molecule has 0 bridgehead atoms. The summed E-state index contributed by atoms with van der Waals surface area (Å²) < 4.78 is 0. The first-order valence-corrected chi connectivity index (χ1v) is 6.85. The first kappa shape index (κ1) is 12.2. The summed E-state index contributed by atoms with van der Waals surface area (Å²) >= 11 is 0. The maximum absolute atomic E-state index is 4.63. The van der Waals surface area contributed by atoms with Crippen molar-refractivity contribution in [3.8, 4) is 0 Å². The number of nitrogens with zero attached hydrogens (tertiary/aromatic N) is 2. The van der Waals surface area contributed by atoms with Gasteiger partial charge in [-0.05, 0) is 17.5 Å². The molecule has 0 amide bonds. The first-order valence-electron chi connectivity index (χ1n) is 6.85. The van der Waals surface area contributed by atoms with Gasteiger partial charge in [-0.25, -0.2) is 0 Å². The lowest BCUT2D eigenvalue weighted by Gasteiger charge is -2.18. The Morgan fingerprint density at radius 3 is 2.74 bits per heavy atom. The Morgan fingerprint density at radius 2 is 2.00 bits per heavy atom. The van der Waals surface area contributed by atoms with E-state index >= 15 is 0 Å². The van der Waals surface area contributed by atoms with Gasteiger partial charge >= 0.3 is 0 Å². The number of aliphatic imine (C=N–C) groups is 2. The van der Waals surface area contributed by atoms with Gasteiger partial charge in [0.25, 0.3) is 0 Å². The molecule has 3 rings (SSSR count). The summed E-state index contributed by atoms with van der Waals surface area (Å²) in [4.78, 5) is 12.5.